The molecule has 0 fully saturated rings. The summed E-state index contributed by atoms with van der Waals surface area (Å²) in [6, 6.07) is 0. The monoisotopic (exact) mass is 120 g/mol. The van der Waals surface area contributed by atoms with E-state index in [2.05, 4.69) is 0 Å². The Morgan fingerprint density at radius 3 is 2.00 bits per heavy atom. The van der Waals surface area contributed by atoms with Crippen molar-refractivity contribution in [1.82, 2.24) is 0 Å². The summed E-state index contributed by atoms with van der Waals surface area (Å²) in [6.45, 7) is 3.67. The summed E-state index contributed by atoms with van der Waals surface area (Å²) in [7, 11) is 0. The minimum atomic E-state index is -1.34. The maximum Gasteiger partial charge on any atom is 0.175 e. The second-order valence-corrected chi connectivity index (χ2v) is 1.86. The Kier molecular flexibility index (Phi) is 3.77. The van der Waals surface area contributed by atoms with E-state index in [1.165, 1.54) is 0 Å². The van der Waals surface area contributed by atoms with Crippen molar-refractivity contribution < 1.29 is 14.9 Å². The Labute approximate surface area is 48.9 Å². The molecule has 0 atom stereocenters. The van der Waals surface area contributed by atoms with Crippen LogP contribution < -0.4 is 0 Å². The van der Waals surface area contributed by atoms with Crippen molar-refractivity contribution in [3.05, 3.63) is 0 Å². The zero-order valence-corrected chi connectivity index (χ0v) is 5.16. The lowest BCUT2D eigenvalue weighted by molar-refractivity contribution is -0.106. The smallest absolute Gasteiger partial charge is 0.175 e. The highest BCUT2D eigenvalue weighted by atomic mass is 16.5. The van der Waals surface area contributed by atoms with Crippen LogP contribution in [0.2, 0.25) is 0 Å². The highest BCUT2D eigenvalue weighted by Gasteiger charge is 1.97. The van der Waals surface area contributed by atoms with E-state index >= 15 is 0 Å². The first-order chi connectivity index (χ1) is 3.63. The minimum Gasteiger partial charge on any atom is -0.374 e. The van der Waals surface area contributed by atoms with E-state index in [0.717, 1.165) is 0 Å². The predicted molar refractivity (Wildman–Crippen MR) is 29.3 cm³/mol. The van der Waals surface area contributed by atoms with Gasteiger partial charge in [0.2, 0.25) is 0 Å². The summed E-state index contributed by atoms with van der Waals surface area (Å²) < 4.78 is 4.80. The highest BCUT2D eigenvalue weighted by molar-refractivity contribution is 4.37. The molecule has 0 aromatic carbocycles. The lowest BCUT2D eigenvalue weighted by atomic mass is 10.5. The Bertz CT molecular complexity index is 43.6. The minimum absolute atomic E-state index is 0.00231. The molecule has 0 aliphatic rings. The van der Waals surface area contributed by atoms with Gasteiger partial charge in [0.25, 0.3) is 0 Å². The van der Waals surface area contributed by atoms with Crippen LogP contribution in [0.3, 0.4) is 0 Å². The molecule has 0 amide bonds. The fourth-order valence-corrected chi connectivity index (χ4v) is 0.279. The van der Waals surface area contributed by atoms with E-state index in [-0.39, 0.29) is 12.7 Å². The number of ether oxygens (including phenoxy) is 1. The third-order valence-electron chi connectivity index (χ3n) is 0.579. The van der Waals surface area contributed by atoms with E-state index in [4.69, 9.17) is 14.9 Å². The SMILES string of the molecule is CC(C)OCC(O)O. The topological polar surface area (TPSA) is 49.7 Å². The fourth-order valence-electron chi connectivity index (χ4n) is 0.279. The van der Waals surface area contributed by atoms with Crippen LogP contribution >= 0.6 is 0 Å². The first-order valence-corrected chi connectivity index (χ1v) is 2.60. The van der Waals surface area contributed by atoms with Gasteiger partial charge in [0.15, 0.2) is 6.29 Å². The van der Waals surface area contributed by atoms with Crippen molar-refractivity contribution in [2.24, 2.45) is 0 Å². The van der Waals surface area contributed by atoms with Crippen molar-refractivity contribution in [1.29, 1.82) is 0 Å². The van der Waals surface area contributed by atoms with E-state index in [1.54, 1.807) is 0 Å². The fraction of sp³-hybridized carbons (Fsp3) is 1.00. The summed E-state index contributed by atoms with van der Waals surface area (Å²) in [4.78, 5) is 0. The third kappa shape index (κ3) is 5.88. The summed E-state index contributed by atoms with van der Waals surface area (Å²) in [5.41, 5.74) is 0. The number of hydrogen-bond acceptors (Lipinski definition) is 3. The van der Waals surface area contributed by atoms with Gasteiger partial charge in [-0.1, -0.05) is 0 Å². The molecule has 50 valence electrons. The molecular weight excluding hydrogens is 108 g/mol. The second-order valence-electron chi connectivity index (χ2n) is 1.86. The van der Waals surface area contributed by atoms with Crippen LogP contribution in [0.4, 0.5) is 0 Å². The van der Waals surface area contributed by atoms with Crippen molar-refractivity contribution in [2.75, 3.05) is 6.61 Å². The van der Waals surface area contributed by atoms with Crippen molar-refractivity contribution in [2.45, 2.75) is 26.2 Å². The average molecular weight is 120 g/mol. The largest absolute Gasteiger partial charge is 0.374 e. The van der Waals surface area contributed by atoms with Gasteiger partial charge in [-0.05, 0) is 13.8 Å². The molecule has 0 heterocycles. The zero-order valence-electron chi connectivity index (χ0n) is 5.16. The summed E-state index contributed by atoms with van der Waals surface area (Å²) >= 11 is 0. The van der Waals surface area contributed by atoms with E-state index < -0.39 is 6.29 Å². The molecule has 0 aliphatic heterocycles. The molecule has 3 nitrogen and oxygen atoms in total. The third-order valence-corrected chi connectivity index (χ3v) is 0.579. The quantitative estimate of drug-likeness (QED) is 0.504. The standard InChI is InChI=1S/C5H12O3/c1-4(2)8-3-5(6)7/h4-7H,3H2,1-2H3. The lowest BCUT2D eigenvalue weighted by Gasteiger charge is -2.07. The zero-order chi connectivity index (χ0) is 6.57. The first kappa shape index (κ1) is 7.88. The van der Waals surface area contributed by atoms with Gasteiger partial charge in [0.05, 0.1) is 12.7 Å². The molecule has 0 aliphatic carbocycles. The molecule has 3 heteroatoms. The Hall–Kier alpha value is -0.120. The van der Waals surface area contributed by atoms with E-state index in [0.29, 0.717) is 0 Å². The molecule has 8 heavy (non-hydrogen) atoms. The molecule has 0 radical (unpaired) electrons. The Balaban J connectivity index is 2.93. The molecule has 0 unspecified atom stereocenters. The normalized spacial score (nSPS) is 11.2. The van der Waals surface area contributed by atoms with Crippen LogP contribution in [-0.2, 0) is 4.74 Å². The van der Waals surface area contributed by atoms with Crippen LogP contribution in [0, 0.1) is 0 Å². The summed E-state index contributed by atoms with van der Waals surface area (Å²) in [6.07, 6.45) is -1.27. The molecule has 0 bridgehead atoms. The molecular formula is C5H12O3. The number of rotatable bonds is 3. The van der Waals surface area contributed by atoms with Crippen molar-refractivity contribution in [3.63, 3.8) is 0 Å². The lowest BCUT2D eigenvalue weighted by Crippen LogP contribution is -2.16. The molecule has 0 saturated carbocycles. The molecule has 0 spiro atoms. The predicted octanol–water partition coefficient (Wildman–Crippen LogP) is -0.278. The van der Waals surface area contributed by atoms with Gasteiger partial charge in [0, 0.05) is 0 Å². The molecule has 0 rings (SSSR count). The van der Waals surface area contributed by atoms with Crippen LogP contribution in [0.15, 0.2) is 0 Å². The van der Waals surface area contributed by atoms with Crippen molar-refractivity contribution in [3.8, 4) is 0 Å². The summed E-state index contributed by atoms with van der Waals surface area (Å²) in [5, 5.41) is 16.5. The summed E-state index contributed by atoms with van der Waals surface area (Å²) in [5.74, 6) is 0. The van der Waals surface area contributed by atoms with Gasteiger partial charge in [0.1, 0.15) is 0 Å². The maximum absolute atomic E-state index is 8.23. The Morgan fingerprint density at radius 1 is 1.38 bits per heavy atom. The average Bonchev–Trinajstić information content (AvgIpc) is 1.61. The second kappa shape index (κ2) is 3.83. The molecule has 0 aromatic rings. The van der Waals surface area contributed by atoms with Gasteiger partial charge in [-0.15, -0.1) is 0 Å². The van der Waals surface area contributed by atoms with Gasteiger partial charge in [-0.25, -0.2) is 0 Å². The number of aliphatic hydroxyl groups is 2. The van der Waals surface area contributed by atoms with Crippen LogP contribution in [0.1, 0.15) is 13.8 Å². The molecule has 2 N–H and O–H groups in total. The first-order valence-electron chi connectivity index (χ1n) is 2.60. The van der Waals surface area contributed by atoms with Gasteiger partial charge in [-0.2, -0.15) is 0 Å². The number of hydrogen-bond donors (Lipinski definition) is 2. The van der Waals surface area contributed by atoms with Crippen LogP contribution in [0.25, 0.3) is 0 Å². The maximum atomic E-state index is 8.23. The van der Waals surface area contributed by atoms with Crippen LogP contribution in [0.5, 0.6) is 0 Å². The molecule has 0 saturated heterocycles. The molecule has 0 aromatic heterocycles. The van der Waals surface area contributed by atoms with Gasteiger partial charge < -0.3 is 14.9 Å². The van der Waals surface area contributed by atoms with E-state index in [1.807, 2.05) is 13.8 Å². The van der Waals surface area contributed by atoms with Crippen molar-refractivity contribution >= 4 is 0 Å². The highest BCUT2D eigenvalue weighted by Crippen LogP contribution is 1.87. The van der Waals surface area contributed by atoms with Crippen LogP contribution in [-0.4, -0.2) is 29.2 Å². The number of aliphatic hydroxyl groups excluding tert-OH is 1. The van der Waals surface area contributed by atoms with Gasteiger partial charge >= 0.3 is 0 Å². The van der Waals surface area contributed by atoms with Gasteiger partial charge in [-0.3, -0.25) is 0 Å². The Morgan fingerprint density at radius 2 is 1.88 bits per heavy atom. The van der Waals surface area contributed by atoms with E-state index in [9.17, 15) is 0 Å².